The van der Waals surface area contributed by atoms with Gasteiger partial charge in [-0.05, 0) is 109 Å². The van der Waals surface area contributed by atoms with E-state index in [2.05, 4.69) is 81.5 Å². The van der Waals surface area contributed by atoms with Crippen LogP contribution in [-0.4, -0.2) is 37.9 Å². The van der Waals surface area contributed by atoms with E-state index in [9.17, 15) is 9.59 Å². The first-order chi connectivity index (χ1) is 34.6. The molecule has 0 aliphatic rings. The summed E-state index contributed by atoms with van der Waals surface area (Å²) >= 11 is 0. The van der Waals surface area contributed by atoms with Gasteiger partial charge in [-0.25, -0.2) is 0 Å². The fourth-order valence-corrected chi connectivity index (χ4v) is 8.86. The summed E-state index contributed by atoms with van der Waals surface area (Å²) in [4.78, 5) is 25.6. The first kappa shape index (κ1) is 67.6. The predicted octanol–water partition coefficient (Wildman–Crippen LogP) is 21.2. The van der Waals surface area contributed by atoms with Gasteiger partial charge in [0.25, 0.3) is 0 Å². The van der Waals surface area contributed by atoms with Crippen molar-refractivity contribution in [1.82, 2.24) is 0 Å². The van der Waals surface area contributed by atoms with Crippen molar-refractivity contribution in [3.63, 3.8) is 0 Å². The van der Waals surface area contributed by atoms with Crippen molar-refractivity contribution < 1.29 is 23.8 Å². The molecule has 0 aliphatic heterocycles. The average molecular weight is 980 g/mol. The minimum atomic E-state index is -0.548. The summed E-state index contributed by atoms with van der Waals surface area (Å²) in [7, 11) is 0. The lowest BCUT2D eigenvalue weighted by Crippen LogP contribution is -2.30. The molecule has 0 aliphatic carbocycles. The Labute approximate surface area is 436 Å². The predicted molar refractivity (Wildman–Crippen MR) is 307 cm³/mol. The highest BCUT2D eigenvalue weighted by Gasteiger charge is 2.17. The molecule has 5 heteroatoms. The second-order valence-corrected chi connectivity index (χ2v) is 20.6. The van der Waals surface area contributed by atoms with Crippen molar-refractivity contribution in [2.45, 2.75) is 322 Å². The third-order valence-electron chi connectivity index (χ3n) is 13.5. The van der Waals surface area contributed by atoms with Gasteiger partial charge in [0.05, 0.1) is 6.61 Å². The van der Waals surface area contributed by atoms with Crippen molar-refractivity contribution in [3.05, 3.63) is 60.8 Å². The lowest BCUT2D eigenvalue weighted by molar-refractivity contribution is -0.163. The zero-order chi connectivity index (χ0) is 50.6. The summed E-state index contributed by atoms with van der Waals surface area (Å²) in [6.07, 6.45) is 78.2. The van der Waals surface area contributed by atoms with E-state index in [1.165, 1.54) is 205 Å². The molecule has 5 nitrogen and oxygen atoms in total. The SMILES string of the molecule is CCCCC/C=C\C/C=C\C/C=C\CCCCCCCCC(=O)OCC(COCCCCCCCCCCCC/C=C\CCCCCCCC)OC(=O)CCCCCCC/C=C\CCCCCCCC. The van der Waals surface area contributed by atoms with Gasteiger partial charge in [-0.15, -0.1) is 0 Å². The van der Waals surface area contributed by atoms with Gasteiger partial charge >= 0.3 is 11.9 Å². The first-order valence-electron chi connectivity index (χ1n) is 30.8. The highest BCUT2D eigenvalue weighted by molar-refractivity contribution is 5.70. The normalized spacial score (nSPS) is 12.6. The Balaban J connectivity index is 4.28. The maximum absolute atomic E-state index is 12.9. The quantitative estimate of drug-likeness (QED) is 0.0345. The van der Waals surface area contributed by atoms with Crippen LogP contribution in [0.1, 0.15) is 316 Å². The Morgan fingerprint density at radius 3 is 1.00 bits per heavy atom. The summed E-state index contributed by atoms with van der Waals surface area (Å²) < 4.78 is 17.5. The van der Waals surface area contributed by atoms with Crippen LogP contribution in [-0.2, 0) is 23.8 Å². The number of esters is 2. The fraction of sp³-hybridized carbons (Fsp3) is 0.815. The summed E-state index contributed by atoms with van der Waals surface area (Å²) in [5.74, 6) is -0.409. The van der Waals surface area contributed by atoms with E-state index >= 15 is 0 Å². The molecule has 0 rings (SSSR count). The molecule has 1 atom stereocenters. The maximum atomic E-state index is 12.9. The smallest absolute Gasteiger partial charge is 0.306 e. The highest BCUT2D eigenvalue weighted by atomic mass is 16.6. The molecule has 0 aromatic carbocycles. The largest absolute Gasteiger partial charge is 0.462 e. The van der Waals surface area contributed by atoms with Gasteiger partial charge in [-0.2, -0.15) is 0 Å². The van der Waals surface area contributed by atoms with Crippen LogP contribution in [0.25, 0.3) is 0 Å². The van der Waals surface area contributed by atoms with Crippen LogP contribution in [0.15, 0.2) is 60.8 Å². The van der Waals surface area contributed by atoms with Crippen LogP contribution < -0.4 is 0 Å². The maximum Gasteiger partial charge on any atom is 0.306 e. The molecule has 0 N–H and O–H groups in total. The van der Waals surface area contributed by atoms with Crippen LogP contribution >= 0.6 is 0 Å². The molecule has 0 amide bonds. The molecule has 0 aromatic heterocycles. The van der Waals surface area contributed by atoms with E-state index in [0.29, 0.717) is 19.4 Å². The standard InChI is InChI=1S/C65H118O5/c1-4-7-10-13-16-19-22-25-28-30-32-34-36-39-42-45-48-51-54-57-60-68-61-63(70-65(67)59-56-53-50-47-44-41-37-27-24-21-18-15-12-9-6-3)62-69-64(66)58-55-52-49-46-43-40-38-35-33-31-29-26-23-20-17-14-11-8-5-2/h17,20,25-29,33,35,37,63H,4-16,18-19,21-24,30-32,34,36,38-62H2,1-3H3/b20-17-,28-25-,29-26-,35-33-,37-27-. The Kier molecular flexibility index (Phi) is 58.8. The number of carbonyl (C=O) groups is 2. The van der Waals surface area contributed by atoms with Gasteiger partial charge in [0.1, 0.15) is 6.61 Å². The van der Waals surface area contributed by atoms with E-state index in [4.69, 9.17) is 14.2 Å². The zero-order valence-corrected chi connectivity index (χ0v) is 47.0. The third-order valence-corrected chi connectivity index (χ3v) is 13.5. The van der Waals surface area contributed by atoms with E-state index in [0.717, 1.165) is 77.0 Å². The van der Waals surface area contributed by atoms with Crippen LogP contribution in [0.5, 0.6) is 0 Å². The van der Waals surface area contributed by atoms with Crippen molar-refractivity contribution in [2.24, 2.45) is 0 Å². The lowest BCUT2D eigenvalue weighted by Gasteiger charge is -2.18. The Morgan fingerprint density at radius 2 is 0.600 bits per heavy atom. The first-order valence-corrected chi connectivity index (χ1v) is 30.8. The molecule has 0 bridgehead atoms. The van der Waals surface area contributed by atoms with Gasteiger partial charge in [0.2, 0.25) is 0 Å². The second-order valence-electron chi connectivity index (χ2n) is 20.6. The van der Waals surface area contributed by atoms with E-state index < -0.39 is 6.10 Å². The fourth-order valence-electron chi connectivity index (χ4n) is 8.86. The molecule has 70 heavy (non-hydrogen) atoms. The number of allylic oxidation sites excluding steroid dienone is 10. The Morgan fingerprint density at radius 1 is 0.314 bits per heavy atom. The third kappa shape index (κ3) is 58.2. The molecule has 0 spiro atoms. The van der Waals surface area contributed by atoms with Crippen molar-refractivity contribution in [3.8, 4) is 0 Å². The minimum absolute atomic E-state index is 0.0758. The topological polar surface area (TPSA) is 61.8 Å². The molecule has 0 saturated carbocycles. The van der Waals surface area contributed by atoms with Gasteiger partial charge in [0.15, 0.2) is 6.10 Å². The average Bonchev–Trinajstić information content (AvgIpc) is 3.36. The van der Waals surface area contributed by atoms with Crippen LogP contribution in [0.2, 0.25) is 0 Å². The van der Waals surface area contributed by atoms with Gasteiger partial charge < -0.3 is 14.2 Å². The molecule has 1 unspecified atom stereocenters. The lowest BCUT2D eigenvalue weighted by atomic mass is 10.1. The highest BCUT2D eigenvalue weighted by Crippen LogP contribution is 2.15. The van der Waals surface area contributed by atoms with E-state index in [1.807, 2.05) is 0 Å². The minimum Gasteiger partial charge on any atom is -0.462 e. The number of unbranched alkanes of at least 4 members (excludes halogenated alkanes) is 36. The number of carbonyl (C=O) groups excluding carboxylic acids is 2. The Hall–Kier alpha value is -2.40. The summed E-state index contributed by atoms with van der Waals surface area (Å²) in [5.41, 5.74) is 0. The van der Waals surface area contributed by atoms with Crippen LogP contribution in [0.3, 0.4) is 0 Å². The summed E-state index contributed by atoms with van der Waals surface area (Å²) in [5, 5.41) is 0. The summed E-state index contributed by atoms with van der Waals surface area (Å²) in [6, 6.07) is 0. The van der Waals surface area contributed by atoms with Gasteiger partial charge in [-0.1, -0.05) is 255 Å². The Bertz CT molecular complexity index is 1200. The monoisotopic (exact) mass is 979 g/mol. The molecule has 0 fully saturated rings. The van der Waals surface area contributed by atoms with Crippen LogP contribution in [0, 0.1) is 0 Å². The molecular weight excluding hydrogens is 861 g/mol. The van der Waals surface area contributed by atoms with Crippen LogP contribution in [0.4, 0.5) is 0 Å². The number of ether oxygens (including phenoxy) is 3. The molecule has 0 aromatic rings. The molecule has 0 radical (unpaired) electrons. The molecule has 0 saturated heterocycles. The second kappa shape index (κ2) is 60.9. The van der Waals surface area contributed by atoms with Crippen molar-refractivity contribution in [2.75, 3.05) is 19.8 Å². The van der Waals surface area contributed by atoms with E-state index in [-0.39, 0.29) is 25.2 Å². The summed E-state index contributed by atoms with van der Waals surface area (Å²) in [6.45, 7) is 7.81. The van der Waals surface area contributed by atoms with Gasteiger partial charge in [0, 0.05) is 19.4 Å². The number of rotatable bonds is 57. The van der Waals surface area contributed by atoms with Crippen molar-refractivity contribution in [1.29, 1.82) is 0 Å². The molecule has 0 heterocycles. The molecule has 408 valence electrons. The number of hydrogen-bond donors (Lipinski definition) is 0. The number of hydrogen-bond acceptors (Lipinski definition) is 5. The zero-order valence-electron chi connectivity index (χ0n) is 47.0. The molecular formula is C65H118O5. The van der Waals surface area contributed by atoms with E-state index in [1.54, 1.807) is 0 Å². The van der Waals surface area contributed by atoms with Gasteiger partial charge in [-0.3, -0.25) is 9.59 Å². The van der Waals surface area contributed by atoms with Crippen molar-refractivity contribution >= 4 is 11.9 Å².